The maximum absolute atomic E-state index is 13.9. The Morgan fingerprint density at radius 1 is 1.00 bits per heavy atom. The number of fused-ring (bicyclic) bond motifs is 1. The van der Waals surface area contributed by atoms with Crippen LogP contribution >= 0.6 is 24.0 Å². The molecule has 2 aromatic carbocycles. The Morgan fingerprint density at radius 2 is 1.76 bits per heavy atom. The maximum Gasteiger partial charge on any atom is 0.257 e. The number of hydrogen-bond donors (Lipinski definition) is 2. The number of rotatable bonds is 4. The van der Waals surface area contributed by atoms with Gasteiger partial charge in [-0.05, 0) is 36.4 Å². The van der Waals surface area contributed by atoms with Gasteiger partial charge in [-0.1, -0.05) is 23.7 Å². The van der Waals surface area contributed by atoms with Crippen LogP contribution < -0.4 is 5.32 Å². The standard InChI is InChI=1S/C23H14ClF2N5O.ClH/c24-17-8-13(4-6-16(17)23(32)30-22-18(25)2-1-3-19(22)26)20-11-27-21-7-5-14(12-31(20)21)15-9-28-29-10-15;/h1-12H,(H,28,29)(H,30,32);1H. The molecule has 0 radical (unpaired) electrons. The minimum absolute atomic E-state index is 0. The van der Waals surface area contributed by atoms with Gasteiger partial charge < -0.3 is 5.32 Å². The highest BCUT2D eigenvalue weighted by Gasteiger charge is 2.17. The number of H-pyrrole nitrogens is 1. The minimum Gasteiger partial charge on any atom is -0.317 e. The summed E-state index contributed by atoms with van der Waals surface area (Å²) in [6.45, 7) is 0. The molecule has 0 spiro atoms. The molecule has 0 aliphatic carbocycles. The summed E-state index contributed by atoms with van der Waals surface area (Å²) in [5.74, 6) is -2.46. The van der Waals surface area contributed by atoms with Crippen molar-refractivity contribution in [3.8, 4) is 22.4 Å². The lowest BCUT2D eigenvalue weighted by molar-refractivity contribution is 0.102. The summed E-state index contributed by atoms with van der Waals surface area (Å²) in [7, 11) is 0. The first kappa shape index (κ1) is 22.4. The number of benzene rings is 2. The number of carbonyl (C=O) groups excluding carboxylic acids is 1. The Balaban J connectivity index is 0.00000259. The first-order valence-electron chi connectivity index (χ1n) is 9.53. The average Bonchev–Trinajstić information content (AvgIpc) is 3.46. The van der Waals surface area contributed by atoms with Gasteiger partial charge in [0.15, 0.2) is 0 Å². The molecule has 33 heavy (non-hydrogen) atoms. The lowest BCUT2D eigenvalue weighted by Gasteiger charge is -2.10. The molecule has 10 heteroatoms. The van der Waals surface area contributed by atoms with Crippen LogP contribution in [0.25, 0.3) is 28.0 Å². The molecule has 1 amide bonds. The van der Waals surface area contributed by atoms with Crippen LogP contribution in [0.4, 0.5) is 14.5 Å². The molecule has 2 N–H and O–H groups in total. The maximum atomic E-state index is 13.9. The number of aromatic amines is 1. The Kier molecular flexibility index (Phi) is 6.13. The predicted octanol–water partition coefficient (Wildman–Crippen LogP) is 6.00. The number of amides is 1. The fourth-order valence-corrected chi connectivity index (χ4v) is 3.70. The smallest absolute Gasteiger partial charge is 0.257 e. The second kappa shape index (κ2) is 9.01. The molecule has 5 aromatic rings. The fraction of sp³-hybridized carbons (Fsp3) is 0. The second-order valence-electron chi connectivity index (χ2n) is 7.02. The van der Waals surface area contributed by atoms with Crippen LogP contribution in [0.2, 0.25) is 5.02 Å². The zero-order valence-electron chi connectivity index (χ0n) is 16.7. The summed E-state index contributed by atoms with van der Waals surface area (Å²) in [6.07, 6.45) is 7.15. The van der Waals surface area contributed by atoms with E-state index < -0.39 is 23.2 Å². The van der Waals surface area contributed by atoms with Crippen molar-refractivity contribution in [2.45, 2.75) is 0 Å². The Bertz CT molecular complexity index is 1450. The topological polar surface area (TPSA) is 75.1 Å². The highest BCUT2D eigenvalue weighted by atomic mass is 35.5. The summed E-state index contributed by atoms with van der Waals surface area (Å²) in [6, 6.07) is 12.0. The zero-order valence-corrected chi connectivity index (χ0v) is 18.3. The van der Waals surface area contributed by atoms with E-state index in [2.05, 4.69) is 20.5 Å². The molecule has 0 bridgehead atoms. The number of aromatic nitrogens is 4. The number of carbonyl (C=O) groups is 1. The second-order valence-corrected chi connectivity index (χ2v) is 7.43. The Labute approximate surface area is 197 Å². The van der Waals surface area contributed by atoms with Gasteiger partial charge in [-0.2, -0.15) is 5.10 Å². The first-order valence-corrected chi connectivity index (χ1v) is 9.90. The van der Waals surface area contributed by atoms with Crippen molar-refractivity contribution in [1.82, 2.24) is 19.6 Å². The Morgan fingerprint density at radius 3 is 2.45 bits per heavy atom. The molecule has 0 aliphatic rings. The number of nitrogens with one attached hydrogen (secondary N) is 2. The van der Waals surface area contributed by atoms with Crippen molar-refractivity contribution >= 4 is 41.2 Å². The zero-order chi connectivity index (χ0) is 22.2. The summed E-state index contributed by atoms with van der Waals surface area (Å²) < 4.78 is 29.6. The number of halogens is 4. The molecule has 0 atom stereocenters. The molecule has 3 aromatic heterocycles. The van der Waals surface area contributed by atoms with Crippen molar-refractivity contribution < 1.29 is 13.6 Å². The largest absolute Gasteiger partial charge is 0.317 e. The summed E-state index contributed by atoms with van der Waals surface area (Å²) in [5.41, 5.74) is 3.66. The normalized spacial score (nSPS) is 10.8. The van der Waals surface area contributed by atoms with Crippen LogP contribution in [0.3, 0.4) is 0 Å². The first-order chi connectivity index (χ1) is 15.5. The van der Waals surface area contributed by atoms with Gasteiger partial charge in [0.05, 0.1) is 28.7 Å². The van der Waals surface area contributed by atoms with Gasteiger partial charge >= 0.3 is 0 Å². The molecule has 0 fully saturated rings. The number of anilines is 1. The highest BCUT2D eigenvalue weighted by Crippen LogP contribution is 2.29. The van der Waals surface area contributed by atoms with Gasteiger partial charge in [-0.15, -0.1) is 12.4 Å². The summed E-state index contributed by atoms with van der Waals surface area (Å²) in [4.78, 5) is 17.0. The molecule has 6 nitrogen and oxygen atoms in total. The highest BCUT2D eigenvalue weighted by molar-refractivity contribution is 6.34. The van der Waals surface area contributed by atoms with E-state index in [4.69, 9.17) is 11.6 Å². The minimum atomic E-state index is -0.870. The van der Waals surface area contributed by atoms with Gasteiger partial charge in [0, 0.05) is 29.1 Å². The average molecular weight is 486 g/mol. The fourth-order valence-electron chi connectivity index (χ4n) is 3.43. The van der Waals surface area contributed by atoms with E-state index in [9.17, 15) is 13.6 Å². The van der Waals surface area contributed by atoms with Gasteiger partial charge in [0.25, 0.3) is 5.91 Å². The summed E-state index contributed by atoms with van der Waals surface area (Å²) in [5, 5.41) is 9.14. The molecule has 0 aliphatic heterocycles. The van der Waals surface area contributed by atoms with Crippen molar-refractivity contribution in [2.75, 3.05) is 5.32 Å². The van der Waals surface area contributed by atoms with Crippen molar-refractivity contribution in [1.29, 1.82) is 0 Å². The quantitative estimate of drug-likeness (QED) is 0.328. The van der Waals surface area contributed by atoms with E-state index >= 15 is 0 Å². The summed E-state index contributed by atoms with van der Waals surface area (Å²) >= 11 is 6.36. The van der Waals surface area contributed by atoms with E-state index in [-0.39, 0.29) is 23.0 Å². The number of pyridine rings is 1. The van der Waals surface area contributed by atoms with Crippen molar-refractivity contribution in [2.24, 2.45) is 0 Å². The predicted molar refractivity (Wildman–Crippen MR) is 125 cm³/mol. The van der Waals surface area contributed by atoms with Gasteiger partial charge in [0.2, 0.25) is 0 Å². The molecular formula is C23H15Cl2F2N5O. The van der Waals surface area contributed by atoms with Crippen LogP contribution in [0.15, 0.2) is 73.3 Å². The monoisotopic (exact) mass is 485 g/mol. The molecule has 0 saturated heterocycles. The third-order valence-electron chi connectivity index (χ3n) is 5.05. The van der Waals surface area contributed by atoms with Crippen LogP contribution in [-0.2, 0) is 0 Å². The lowest BCUT2D eigenvalue weighted by atomic mass is 10.1. The SMILES string of the molecule is Cl.O=C(Nc1c(F)cccc1F)c1ccc(-c2cnc3ccc(-c4cn[nH]c4)cn23)cc1Cl. The third-order valence-corrected chi connectivity index (χ3v) is 5.36. The number of nitrogens with zero attached hydrogens (tertiary/aromatic N) is 3. The Hall–Kier alpha value is -3.75. The molecule has 166 valence electrons. The van der Waals surface area contributed by atoms with Gasteiger partial charge in [0.1, 0.15) is 23.0 Å². The number of imidazole rings is 1. The van der Waals surface area contributed by atoms with Crippen molar-refractivity contribution in [3.63, 3.8) is 0 Å². The van der Waals surface area contributed by atoms with Crippen LogP contribution in [-0.4, -0.2) is 25.5 Å². The lowest BCUT2D eigenvalue weighted by Crippen LogP contribution is -2.14. The van der Waals surface area contributed by atoms with Gasteiger partial charge in [-0.3, -0.25) is 14.3 Å². The molecular weight excluding hydrogens is 471 g/mol. The van der Waals surface area contributed by atoms with E-state index in [0.717, 1.165) is 40.2 Å². The van der Waals surface area contributed by atoms with Gasteiger partial charge in [-0.25, -0.2) is 13.8 Å². The number of hydrogen-bond acceptors (Lipinski definition) is 3. The van der Waals surface area contributed by atoms with E-state index in [1.54, 1.807) is 30.7 Å². The molecule has 0 unspecified atom stereocenters. The van der Waals surface area contributed by atoms with E-state index in [1.165, 1.54) is 12.1 Å². The third kappa shape index (κ3) is 4.18. The van der Waals surface area contributed by atoms with E-state index in [1.807, 2.05) is 22.7 Å². The van der Waals surface area contributed by atoms with Crippen LogP contribution in [0, 0.1) is 11.6 Å². The molecule has 3 heterocycles. The van der Waals surface area contributed by atoms with Crippen molar-refractivity contribution in [3.05, 3.63) is 95.5 Å². The van der Waals surface area contributed by atoms with Crippen LogP contribution in [0.1, 0.15) is 10.4 Å². The number of para-hydroxylation sites is 1. The van der Waals surface area contributed by atoms with Crippen LogP contribution in [0.5, 0.6) is 0 Å². The molecule has 5 rings (SSSR count). The van der Waals surface area contributed by atoms with E-state index in [0.29, 0.717) is 0 Å². The molecule has 0 saturated carbocycles.